The van der Waals surface area contributed by atoms with Gasteiger partial charge < -0.3 is 10.6 Å². The highest BCUT2D eigenvalue weighted by atomic mass is 127. The van der Waals surface area contributed by atoms with Crippen molar-refractivity contribution in [2.45, 2.75) is 24.9 Å². The molecule has 2 atom stereocenters. The summed E-state index contributed by atoms with van der Waals surface area (Å²) >= 11 is -0.0242. The largest absolute Gasteiger partial charge is 0.441 e. The zero-order valence-corrected chi connectivity index (χ0v) is 12.8. The molecule has 2 unspecified atom stereocenters. The highest BCUT2D eigenvalue weighted by molar-refractivity contribution is 14.0. The maximum absolute atomic E-state index is 11.8. The number of guanidine groups is 1. The van der Waals surface area contributed by atoms with Gasteiger partial charge in [0.2, 0.25) is 0 Å². The van der Waals surface area contributed by atoms with E-state index in [9.17, 15) is 13.2 Å². The molecule has 0 aromatic rings. The molecule has 1 saturated carbocycles. The molecular weight excluding hydrogens is 366 g/mol. The Kier molecular flexibility index (Phi) is 7.61. The van der Waals surface area contributed by atoms with Crippen LogP contribution in [0.5, 0.6) is 0 Å². The fraction of sp³-hybridized carbons (Fsp3) is 0.889. The number of alkyl halides is 3. The fourth-order valence-electron chi connectivity index (χ4n) is 1.23. The van der Waals surface area contributed by atoms with E-state index < -0.39 is 5.51 Å². The molecule has 1 aliphatic carbocycles. The molecule has 3 nitrogen and oxygen atoms in total. The van der Waals surface area contributed by atoms with Crippen LogP contribution in [0.1, 0.15) is 13.3 Å². The molecular formula is C9H17F3IN3S. The average Bonchev–Trinajstić information content (AvgIpc) is 2.85. The third-order valence-corrected chi connectivity index (χ3v) is 3.05. The minimum absolute atomic E-state index is 0. The first-order valence-electron chi connectivity index (χ1n) is 5.10. The van der Waals surface area contributed by atoms with Crippen LogP contribution in [0.25, 0.3) is 0 Å². The molecule has 0 saturated heterocycles. The van der Waals surface area contributed by atoms with E-state index in [1.807, 2.05) is 0 Å². The number of nitrogens with one attached hydrogen (secondary N) is 2. The molecule has 0 aliphatic heterocycles. The van der Waals surface area contributed by atoms with Crippen LogP contribution in [0, 0.1) is 5.92 Å². The van der Waals surface area contributed by atoms with Gasteiger partial charge in [0, 0.05) is 25.4 Å². The van der Waals surface area contributed by atoms with Crippen LogP contribution in [-0.4, -0.2) is 36.9 Å². The Morgan fingerprint density at radius 1 is 1.47 bits per heavy atom. The molecule has 17 heavy (non-hydrogen) atoms. The van der Waals surface area contributed by atoms with Crippen LogP contribution in [-0.2, 0) is 0 Å². The SMILES string of the molecule is CN=C(NCCSC(F)(F)F)NC1CC1C.I. The van der Waals surface area contributed by atoms with Gasteiger partial charge in [-0.25, -0.2) is 0 Å². The van der Waals surface area contributed by atoms with Crippen LogP contribution in [0.4, 0.5) is 13.2 Å². The van der Waals surface area contributed by atoms with Crippen molar-refractivity contribution in [2.75, 3.05) is 19.3 Å². The van der Waals surface area contributed by atoms with Crippen molar-refractivity contribution in [3.05, 3.63) is 0 Å². The van der Waals surface area contributed by atoms with E-state index in [2.05, 4.69) is 22.5 Å². The van der Waals surface area contributed by atoms with E-state index in [1.54, 1.807) is 7.05 Å². The summed E-state index contributed by atoms with van der Waals surface area (Å²) in [7, 11) is 1.61. The molecule has 8 heteroatoms. The van der Waals surface area contributed by atoms with Crippen molar-refractivity contribution in [3.8, 4) is 0 Å². The molecule has 0 radical (unpaired) electrons. The summed E-state index contributed by atoms with van der Waals surface area (Å²) in [6, 6.07) is 0.418. The molecule has 1 aliphatic rings. The van der Waals surface area contributed by atoms with Crippen molar-refractivity contribution in [1.29, 1.82) is 0 Å². The van der Waals surface area contributed by atoms with Crippen LogP contribution < -0.4 is 10.6 Å². The number of aliphatic imine (C=N–C) groups is 1. The second kappa shape index (κ2) is 7.55. The van der Waals surface area contributed by atoms with Crippen molar-refractivity contribution in [1.82, 2.24) is 10.6 Å². The van der Waals surface area contributed by atoms with E-state index >= 15 is 0 Å². The Morgan fingerprint density at radius 3 is 2.47 bits per heavy atom. The summed E-state index contributed by atoms with van der Waals surface area (Å²) in [4.78, 5) is 3.94. The standard InChI is InChI=1S/C9H16F3N3S.HI/c1-6-5-7(6)15-8(13-2)14-3-4-16-9(10,11)12;/h6-7H,3-5H2,1-2H3,(H2,13,14,15);1H. The summed E-state index contributed by atoms with van der Waals surface area (Å²) < 4.78 is 35.5. The van der Waals surface area contributed by atoms with Crippen LogP contribution >= 0.6 is 35.7 Å². The Bertz CT molecular complexity index is 260. The van der Waals surface area contributed by atoms with Crippen molar-refractivity contribution in [3.63, 3.8) is 0 Å². The van der Waals surface area contributed by atoms with Gasteiger partial charge in [0.15, 0.2) is 5.96 Å². The zero-order valence-electron chi connectivity index (χ0n) is 9.67. The predicted molar refractivity (Wildman–Crippen MR) is 76.0 cm³/mol. The van der Waals surface area contributed by atoms with Crippen LogP contribution in [0.2, 0.25) is 0 Å². The molecule has 1 rings (SSSR count). The Morgan fingerprint density at radius 2 is 2.06 bits per heavy atom. The van der Waals surface area contributed by atoms with Crippen LogP contribution in [0.3, 0.4) is 0 Å². The summed E-state index contributed by atoms with van der Waals surface area (Å²) in [6.45, 7) is 2.37. The van der Waals surface area contributed by atoms with Gasteiger partial charge in [-0.15, -0.1) is 24.0 Å². The number of thioether (sulfide) groups is 1. The smallest absolute Gasteiger partial charge is 0.356 e. The van der Waals surface area contributed by atoms with Gasteiger partial charge in [0.25, 0.3) is 0 Å². The molecule has 0 amide bonds. The fourth-order valence-corrected chi connectivity index (χ4v) is 1.67. The van der Waals surface area contributed by atoms with Gasteiger partial charge in [-0.05, 0) is 24.1 Å². The van der Waals surface area contributed by atoms with E-state index in [4.69, 9.17) is 0 Å². The lowest BCUT2D eigenvalue weighted by molar-refractivity contribution is -0.0327. The lowest BCUT2D eigenvalue weighted by Gasteiger charge is -2.11. The third kappa shape index (κ3) is 7.96. The van der Waals surface area contributed by atoms with Gasteiger partial charge >= 0.3 is 5.51 Å². The number of halogens is 4. The van der Waals surface area contributed by atoms with E-state index in [1.165, 1.54) is 0 Å². The first kappa shape index (κ1) is 17.1. The van der Waals surface area contributed by atoms with Gasteiger partial charge in [0.05, 0.1) is 0 Å². The molecule has 0 heterocycles. The predicted octanol–water partition coefficient (Wildman–Crippen LogP) is 2.43. The quantitative estimate of drug-likeness (QED) is 0.339. The van der Waals surface area contributed by atoms with E-state index in [0.717, 1.165) is 6.42 Å². The lowest BCUT2D eigenvalue weighted by atomic mass is 10.5. The molecule has 0 spiro atoms. The lowest BCUT2D eigenvalue weighted by Crippen LogP contribution is -2.40. The number of hydrogen-bond donors (Lipinski definition) is 2. The maximum atomic E-state index is 11.8. The molecule has 102 valence electrons. The first-order chi connectivity index (χ1) is 7.42. The zero-order chi connectivity index (χ0) is 12.2. The number of hydrogen-bond acceptors (Lipinski definition) is 2. The van der Waals surface area contributed by atoms with Gasteiger partial charge in [-0.1, -0.05) is 6.92 Å². The van der Waals surface area contributed by atoms with Crippen molar-refractivity contribution >= 4 is 41.7 Å². The van der Waals surface area contributed by atoms with E-state index in [-0.39, 0.29) is 48.0 Å². The van der Waals surface area contributed by atoms with Gasteiger partial charge in [-0.2, -0.15) is 13.2 Å². The Balaban J connectivity index is 0.00000256. The minimum Gasteiger partial charge on any atom is -0.356 e. The molecule has 0 aromatic heterocycles. The summed E-state index contributed by atoms with van der Waals surface area (Å²) in [6.07, 6.45) is 1.10. The Hall–Kier alpha value is 0.140. The number of nitrogens with zero attached hydrogens (tertiary/aromatic N) is 1. The van der Waals surface area contributed by atoms with Gasteiger partial charge in [0.1, 0.15) is 0 Å². The second-order valence-corrected chi connectivity index (χ2v) is 4.92. The first-order valence-corrected chi connectivity index (χ1v) is 6.09. The maximum Gasteiger partial charge on any atom is 0.441 e. The highest BCUT2D eigenvalue weighted by Gasteiger charge is 2.33. The third-order valence-electron chi connectivity index (χ3n) is 2.32. The van der Waals surface area contributed by atoms with Crippen molar-refractivity contribution < 1.29 is 13.2 Å². The minimum atomic E-state index is -4.15. The Labute approximate surface area is 120 Å². The number of rotatable bonds is 4. The molecule has 0 aromatic carbocycles. The van der Waals surface area contributed by atoms with Gasteiger partial charge in [-0.3, -0.25) is 4.99 Å². The van der Waals surface area contributed by atoms with E-state index in [0.29, 0.717) is 17.9 Å². The monoisotopic (exact) mass is 383 g/mol. The topological polar surface area (TPSA) is 36.4 Å². The average molecular weight is 383 g/mol. The highest BCUT2D eigenvalue weighted by Crippen LogP contribution is 2.29. The van der Waals surface area contributed by atoms with Crippen molar-refractivity contribution in [2.24, 2.45) is 10.9 Å². The summed E-state index contributed by atoms with van der Waals surface area (Å²) in [5, 5.41) is 5.99. The normalized spacial score (nSPS) is 23.9. The summed E-state index contributed by atoms with van der Waals surface area (Å²) in [5.41, 5.74) is -4.15. The molecule has 1 fully saturated rings. The summed E-state index contributed by atoms with van der Waals surface area (Å²) in [5.74, 6) is 1.20. The molecule has 0 bridgehead atoms. The second-order valence-electron chi connectivity index (χ2n) is 3.76. The molecule has 2 N–H and O–H groups in total. The van der Waals surface area contributed by atoms with Crippen LogP contribution in [0.15, 0.2) is 4.99 Å².